The maximum Gasteiger partial charge on any atom is 0.123 e. The quantitative estimate of drug-likeness (QED) is 0.727. The molecule has 0 saturated carbocycles. The van der Waals surface area contributed by atoms with E-state index in [2.05, 4.69) is 42.6 Å². The third-order valence-electron chi connectivity index (χ3n) is 4.73. The van der Waals surface area contributed by atoms with Crippen LogP contribution in [0.1, 0.15) is 35.1 Å². The zero-order valence-electron chi connectivity index (χ0n) is 12.0. The van der Waals surface area contributed by atoms with Crippen LogP contribution in [0.4, 0.5) is 10.1 Å². The second-order valence-corrected chi connectivity index (χ2v) is 6.12. The van der Waals surface area contributed by atoms with Crippen molar-refractivity contribution >= 4 is 5.69 Å². The minimum Gasteiger partial charge on any atom is -0.378 e. The summed E-state index contributed by atoms with van der Waals surface area (Å²) in [6.45, 7) is 2.13. The highest BCUT2D eigenvalue weighted by Gasteiger charge is 2.37. The number of hydrogen-bond acceptors (Lipinski definition) is 1. The summed E-state index contributed by atoms with van der Waals surface area (Å²) in [5.74, 6) is 0.752. The molecule has 0 saturated heterocycles. The normalized spacial score (nSPS) is 26.1. The fraction of sp³-hybridized carbons (Fsp3) is 0.263. The van der Waals surface area contributed by atoms with E-state index >= 15 is 0 Å². The molecule has 0 unspecified atom stereocenters. The first kappa shape index (κ1) is 12.6. The molecule has 0 spiro atoms. The van der Waals surface area contributed by atoms with Crippen LogP contribution in [-0.4, -0.2) is 0 Å². The molecule has 2 aromatic carbocycles. The van der Waals surface area contributed by atoms with Gasteiger partial charge in [-0.25, -0.2) is 4.39 Å². The van der Waals surface area contributed by atoms with Crippen LogP contribution in [0, 0.1) is 18.7 Å². The van der Waals surface area contributed by atoms with E-state index in [4.69, 9.17) is 0 Å². The summed E-state index contributed by atoms with van der Waals surface area (Å²) >= 11 is 0. The standard InChI is InChI=1S/C19H18FN/c1-12-8-9-18-17(10-12)15-6-3-7-16(15)19(21-18)13-4-2-5-14(20)11-13/h2-6,8-11,15-16,19,21H,7H2,1H3/t15-,16+,19-/m1/s1. The molecule has 4 rings (SSSR count). The molecule has 21 heavy (non-hydrogen) atoms. The summed E-state index contributed by atoms with van der Waals surface area (Å²) in [6.07, 6.45) is 5.63. The Morgan fingerprint density at radius 1 is 1.14 bits per heavy atom. The van der Waals surface area contributed by atoms with Gasteiger partial charge in [-0.15, -0.1) is 0 Å². The first-order valence-electron chi connectivity index (χ1n) is 7.51. The molecule has 0 amide bonds. The molecule has 2 heteroatoms. The molecule has 3 atom stereocenters. The van der Waals surface area contributed by atoms with Gasteiger partial charge in [0.2, 0.25) is 0 Å². The molecule has 1 heterocycles. The molecule has 2 aliphatic rings. The van der Waals surface area contributed by atoms with Gasteiger partial charge in [-0.1, -0.05) is 42.0 Å². The van der Waals surface area contributed by atoms with Gasteiger partial charge in [-0.05, 0) is 48.6 Å². The van der Waals surface area contributed by atoms with Gasteiger partial charge in [-0.3, -0.25) is 0 Å². The lowest BCUT2D eigenvalue weighted by molar-refractivity contribution is 0.424. The summed E-state index contributed by atoms with van der Waals surface area (Å²) < 4.78 is 13.6. The molecule has 1 aliphatic carbocycles. The SMILES string of the molecule is Cc1ccc2c(c1)[C@@H]1C=CC[C@@H]1[C@@H](c1cccc(F)c1)N2. The highest BCUT2D eigenvalue weighted by atomic mass is 19.1. The van der Waals surface area contributed by atoms with Crippen molar-refractivity contribution in [1.82, 2.24) is 0 Å². The fourth-order valence-electron chi connectivity index (χ4n) is 3.74. The largest absolute Gasteiger partial charge is 0.378 e. The van der Waals surface area contributed by atoms with E-state index in [0.29, 0.717) is 11.8 Å². The number of aryl methyl sites for hydroxylation is 1. The zero-order valence-corrected chi connectivity index (χ0v) is 12.0. The maximum atomic E-state index is 13.6. The topological polar surface area (TPSA) is 12.0 Å². The summed E-state index contributed by atoms with van der Waals surface area (Å²) in [4.78, 5) is 0. The van der Waals surface area contributed by atoms with Crippen LogP contribution in [0.2, 0.25) is 0 Å². The summed E-state index contributed by atoms with van der Waals surface area (Å²) in [5.41, 5.74) is 4.89. The van der Waals surface area contributed by atoms with Crippen molar-refractivity contribution in [3.63, 3.8) is 0 Å². The van der Waals surface area contributed by atoms with Gasteiger partial charge in [0.05, 0.1) is 6.04 Å². The Bertz CT molecular complexity index is 719. The van der Waals surface area contributed by atoms with Crippen LogP contribution in [0.3, 0.4) is 0 Å². The van der Waals surface area contributed by atoms with Gasteiger partial charge in [-0.2, -0.15) is 0 Å². The van der Waals surface area contributed by atoms with Crippen molar-refractivity contribution < 1.29 is 4.39 Å². The lowest BCUT2D eigenvalue weighted by Crippen LogP contribution is -2.29. The number of halogens is 1. The van der Waals surface area contributed by atoms with Crippen LogP contribution in [0.25, 0.3) is 0 Å². The van der Waals surface area contributed by atoms with Crippen molar-refractivity contribution in [2.45, 2.75) is 25.3 Å². The number of hydrogen-bond donors (Lipinski definition) is 1. The van der Waals surface area contributed by atoms with E-state index in [-0.39, 0.29) is 11.9 Å². The van der Waals surface area contributed by atoms with Gasteiger partial charge >= 0.3 is 0 Å². The maximum absolute atomic E-state index is 13.6. The van der Waals surface area contributed by atoms with E-state index in [1.807, 2.05) is 6.07 Å². The summed E-state index contributed by atoms with van der Waals surface area (Å²) in [6, 6.07) is 13.7. The van der Waals surface area contributed by atoms with E-state index in [0.717, 1.165) is 12.0 Å². The van der Waals surface area contributed by atoms with Crippen molar-refractivity contribution in [2.75, 3.05) is 5.32 Å². The second-order valence-electron chi connectivity index (χ2n) is 6.12. The van der Waals surface area contributed by atoms with Crippen molar-refractivity contribution in [3.8, 4) is 0 Å². The Morgan fingerprint density at radius 3 is 2.90 bits per heavy atom. The van der Waals surface area contributed by atoms with E-state index < -0.39 is 0 Å². The molecule has 0 aromatic heterocycles. The first-order chi connectivity index (χ1) is 10.2. The molecule has 1 aliphatic heterocycles. The number of benzene rings is 2. The summed E-state index contributed by atoms with van der Waals surface area (Å²) in [5, 5.41) is 3.63. The van der Waals surface area contributed by atoms with Gasteiger partial charge in [0.15, 0.2) is 0 Å². The monoisotopic (exact) mass is 279 g/mol. The second kappa shape index (κ2) is 4.73. The van der Waals surface area contributed by atoms with E-state index in [1.165, 1.54) is 22.9 Å². The predicted molar refractivity (Wildman–Crippen MR) is 83.9 cm³/mol. The van der Waals surface area contributed by atoms with E-state index in [9.17, 15) is 4.39 Å². The van der Waals surface area contributed by atoms with Crippen LogP contribution >= 0.6 is 0 Å². The minimum atomic E-state index is -0.161. The lowest BCUT2D eigenvalue weighted by atomic mass is 9.76. The van der Waals surface area contributed by atoms with Crippen molar-refractivity contribution in [1.29, 1.82) is 0 Å². The average molecular weight is 279 g/mol. The molecule has 0 fully saturated rings. The lowest BCUT2D eigenvalue weighted by Gasteiger charge is -2.37. The third kappa shape index (κ3) is 2.06. The van der Waals surface area contributed by atoms with Crippen LogP contribution in [-0.2, 0) is 0 Å². The molecule has 1 nitrogen and oxygen atoms in total. The first-order valence-corrected chi connectivity index (χ1v) is 7.51. The molecule has 1 N–H and O–H groups in total. The molecular formula is C19H18FN. The molecule has 0 bridgehead atoms. The number of nitrogens with one attached hydrogen (secondary N) is 1. The van der Waals surface area contributed by atoms with E-state index in [1.54, 1.807) is 12.1 Å². The van der Waals surface area contributed by atoms with Crippen LogP contribution in [0.5, 0.6) is 0 Å². The highest BCUT2D eigenvalue weighted by molar-refractivity contribution is 5.60. The number of rotatable bonds is 1. The molecule has 0 radical (unpaired) electrons. The Kier molecular flexibility index (Phi) is 2.85. The van der Waals surface area contributed by atoms with Gasteiger partial charge < -0.3 is 5.32 Å². The average Bonchev–Trinajstić information content (AvgIpc) is 2.96. The van der Waals surface area contributed by atoms with Gasteiger partial charge in [0, 0.05) is 11.6 Å². The molecule has 106 valence electrons. The minimum absolute atomic E-state index is 0.161. The number of anilines is 1. The third-order valence-corrected chi connectivity index (χ3v) is 4.73. The molecular weight excluding hydrogens is 261 g/mol. The zero-order chi connectivity index (χ0) is 14.4. The van der Waals surface area contributed by atoms with Crippen LogP contribution in [0.15, 0.2) is 54.6 Å². The number of allylic oxidation sites excluding steroid dienone is 2. The van der Waals surface area contributed by atoms with Crippen LogP contribution < -0.4 is 5.32 Å². The van der Waals surface area contributed by atoms with Crippen molar-refractivity contribution in [2.24, 2.45) is 5.92 Å². The van der Waals surface area contributed by atoms with Gasteiger partial charge in [0.25, 0.3) is 0 Å². The smallest absolute Gasteiger partial charge is 0.123 e. The Labute approximate surface area is 124 Å². The Balaban J connectivity index is 1.80. The predicted octanol–water partition coefficient (Wildman–Crippen LogP) is 4.96. The van der Waals surface area contributed by atoms with Crippen molar-refractivity contribution in [3.05, 3.63) is 77.1 Å². The number of fused-ring (bicyclic) bond motifs is 3. The molecule has 2 aromatic rings. The Morgan fingerprint density at radius 2 is 2.05 bits per heavy atom. The van der Waals surface area contributed by atoms with Gasteiger partial charge in [0.1, 0.15) is 5.82 Å². The summed E-state index contributed by atoms with van der Waals surface area (Å²) in [7, 11) is 0. The Hall–Kier alpha value is -2.09. The highest BCUT2D eigenvalue weighted by Crippen LogP contribution is 2.49. The fourth-order valence-corrected chi connectivity index (χ4v) is 3.74.